The van der Waals surface area contributed by atoms with Crippen molar-refractivity contribution in [3.63, 3.8) is 0 Å². The quantitative estimate of drug-likeness (QED) is 0.797. The minimum absolute atomic E-state index is 0.218. The number of carbonyl (C=O) groups is 1. The van der Waals surface area contributed by atoms with E-state index in [4.69, 9.17) is 0 Å². The second-order valence-corrected chi connectivity index (χ2v) is 6.26. The second-order valence-electron chi connectivity index (χ2n) is 6.26. The van der Waals surface area contributed by atoms with Gasteiger partial charge in [0.25, 0.3) is 0 Å². The van der Waals surface area contributed by atoms with Crippen LogP contribution in [-0.4, -0.2) is 23.8 Å². The highest BCUT2D eigenvalue weighted by atomic mass is 16.1. The van der Waals surface area contributed by atoms with Gasteiger partial charge in [-0.25, -0.2) is 0 Å². The van der Waals surface area contributed by atoms with Gasteiger partial charge in [0.2, 0.25) is 0 Å². The van der Waals surface area contributed by atoms with E-state index in [-0.39, 0.29) is 5.41 Å². The van der Waals surface area contributed by atoms with Gasteiger partial charge in [-0.1, -0.05) is 45.0 Å². The van der Waals surface area contributed by atoms with Gasteiger partial charge < -0.3 is 0 Å². The number of piperidine rings is 1. The monoisotopic (exact) mass is 245 g/mol. The number of benzene rings is 1. The molecule has 0 aliphatic carbocycles. The molecule has 1 aromatic carbocycles. The lowest BCUT2D eigenvalue weighted by atomic mass is 9.87. The summed E-state index contributed by atoms with van der Waals surface area (Å²) in [6.07, 6.45) is 1.44. The normalized spacial score (nSPS) is 18.1. The van der Waals surface area contributed by atoms with Gasteiger partial charge in [0.05, 0.1) is 0 Å². The van der Waals surface area contributed by atoms with E-state index >= 15 is 0 Å². The molecule has 1 aliphatic heterocycles. The highest BCUT2D eigenvalue weighted by Crippen LogP contribution is 2.22. The summed E-state index contributed by atoms with van der Waals surface area (Å²) in [5.41, 5.74) is 2.94. The van der Waals surface area contributed by atoms with E-state index in [1.807, 2.05) is 0 Å². The van der Waals surface area contributed by atoms with Crippen molar-refractivity contribution in [3.8, 4) is 0 Å². The number of Topliss-reactive ketones (excluding diaryl/α,β-unsaturated/α-hetero) is 1. The first kappa shape index (κ1) is 13.3. The maximum absolute atomic E-state index is 11.2. The highest BCUT2D eigenvalue weighted by Gasteiger charge is 2.17. The molecule has 1 aromatic rings. The Labute approximate surface area is 110 Å². The predicted molar refractivity (Wildman–Crippen MR) is 74.7 cm³/mol. The third-order valence-electron chi connectivity index (χ3n) is 3.64. The van der Waals surface area contributed by atoms with Crippen molar-refractivity contribution in [2.45, 2.75) is 45.6 Å². The summed E-state index contributed by atoms with van der Waals surface area (Å²) in [5.74, 6) is 0.411. The van der Waals surface area contributed by atoms with Crippen molar-refractivity contribution in [1.82, 2.24) is 4.90 Å². The van der Waals surface area contributed by atoms with Gasteiger partial charge >= 0.3 is 0 Å². The Kier molecular flexibility index (Phi) is 3.86. The van der Waals surface area contributed by atoms with E-state index in [2.05, 4.69) is 49.9 Å². The minimum Gasteiger partial charge on any atom is -0.300 e. The Morgan fingerprint density at radius 2 is 1.61 bits per heavy atom. The van der Waals surface area contributed by atoms with E-state index in [0.717, 1.165) is 32.5 Å². The molecular weight excluding hydrogens is 222 g/mol. The van der Waals surface area contributed by atoms with Crippen LogP contribution in [0, 0.1) is 0 Å². The Hall–Kier alpha value is -1.15. The molecule has 98 valence electrons. The molecule has 1 aliphatic rings. The second kappa shape index (κ2) is 5.23. The predicted octanol–water partition coefficient (Wildman–Crippen LogP) is 3.15. The summed E-state index contributed by atoms with van der Waals surface area (Å²) < 4.78 is 0. The molecule has 0 unspecified atom stereocenters. The van der Waals surface area contributed by atoms with E-state index in [9.17, 15) is 4.79 Å². The van der Waals surface area contributed by atoms with Gasteiger partial charge in [0.1, 0.15) is 5.78 Å². The van der Waals surface area contributed by atoms with Crippen molar-refractivity contribution in [2.24, 2.45) is 0 Å². The Morgan fingerprint density at radius 3 is 2.11 bits per heavy atom. The lowest BCUT2D eigenvalue weighted by molar-refractivity contribution is -0.121. The van der Waals surface area contributed by atoms with Crippen LogP contribution >= 0.6 is 0 Å². The number of nitrogens with zero attached hydrogens (tertiary/aromatic N) is 1. The molecule has 0 bridgehead atoms. The molecule has 1 fully saturated rings. The largest absolute Gasteiger partial charge is 0.300 e. The SMILES string of the molecule is CC(C)(C)c1ccc(CN2CCC(=O)CC2)cc1. The molecule has 0 aromatic heterocycles. The fourth-order valence-corrected chi connectivity index (χ4v) is 2.33. The lowest BCUT2D eigenvalue weighted by Gasteiger charge is -2.26. The Balaban J connectivity index is 1.96. The summed E-state index contributed by atoms with van der Waals surface area (Å²) in [5, 5.41) is 0. The van der Waals surface area contributed by atoms with Crippen LogP contribution in [0.15, 0.2) is 24.3 Å². The summed E-state index contributed by atoms with van der Waals surface area (Å²) >= 11 is 0. The molecule has 0 spiro atoms. The molecule has 2 heteroatoms. The highest BCUT2D eigenvalue weighted by molar-refractivity contribution is 5.79. The van der Waals surface area contributed by atoms with Gasteiger partial charge in [0, 0.05) is 32.5 Å². The van der Waals surface area contributed by atoms with E-state index < -0.39 is 0 Å². The van der Waals surface area contributed by atoms with Crippen LogP contribution in [0.2, 0.25) is 0 Å². The average molecular weight is 245 g/mol. The van der Waals surface area contributed by atoms with Gasteiger partial charge in [-0.15, -0.1) is 0 Å². The van der Waals surface area contributed by atoms with Crippen molar-refractivity contribution in [1.29, 1.82) is 0 Å². The minimum atomic E-state index is 0.218. The molecule has 0 amide bonds. The zero-order valence-corrected chi connectivity index (χ0v) is 11.7. The standard InChI is InChI=1S/C16H23NO/c1-16(2,3)14-6-4-13(5-7-14)12-17-10-8-15(18)9-11-17/h4-7H,8-12H2,1-3H3. The van der Waals surface area contributed by atoms with Crippen LogP contribution in [0.4, 0.5) is 0 Å². The molecule has 1 heterocycles. The average Bonchev–Trinajstić information content (AvgIpc) is 2.32. The lowest BCUT2D eigenvalue weighted by Crippen LogP contribution is -2.33. The maximum Gasteiger partial charge on any atom is 0.135 e. The van der Waals surface area contributed by atoms with Crippen molar-refractivity contribution in [2.75, 3.05) is 13.1 Å². The van der Waals surface area contributed by atoms with Crippen LogP contribution in [0.1, 0.15) is 44.7 Å². The number of rotatable bonds is 2. The first-order valence-electron chi connectivity index (χ1n) is 6.78. The van der Waals surface area contributed by atoms with E-state index in [1.54, 1.807) is 0 Å². The smallest absolute Gasteiger partial charge is 0.135 e. The maximum atomic E-state index is 11.2. The summed E-state index contributed by atoms with van der Waals surface area (Å²) in [7, 11) is 0. The molecule has 0 N–H and O–H groups in total. The third kappa shape index (κ3) is 3.42. The first-order valence-corrected chi connectivity index (χ1v) is 6.78. The van der Waals surface area contributed by atoms with Gasteiger partial charge in [-0.3, -0.25) is 9.69 Å². The molecule has 2 rings (SSSR count). The number of hydrogen-bond donors (Lipinski definition) is 0. The Bertz CT molecular complexity index is 404. The molecular formula is C16H23NO. The van der Waals surface area contributed by atoms with Crippen LogP contribution in [0.3, 0.4) is 0 Å². The topological polar surface area (TPSA) is 20.3 Å². The number of hydrogen-bond acceptors (Lipinski definition) is 2. The third-order valence-corrected chi connectivity index (χ3v) is 3.64. The molecule has 0 atom stereocenters. The summed E-state index contributed by atoms with van der Waals surface area (Å²) in [4.78, 5) is 13.6. The first-order chi connectivity index (χ1) is 8.45. The van der Waals surface area contributed by atoms with Crippen molar-refractivity contribution in [3.05, 3.63) is 35.4 Å². The molecule has 0 saturated carbocycles. The number of likely N-dealkylation sites (tertiary alicyclic amines) is 1. The summed E-state index contributed by atoms with van der Waals surface area (Å²) in [6.45, 7) is 9.51. The summed E-state index contributed by atoms with van der Waals surface area (Å²) in [6, 6.07) is 8.89. The van der Waals surface area contributed by atoms with Crippen molar-refractivity contribution >= 4 is 5.78 Å². The number of carbonyl (C=O) groups excluding carboxylic acids is 1. The zero-order valence-electron chi connectivity index (χ0n) is 11.7. The zero-order chi connectivity index (χ0) is 13.2. The molecule has 1 saturated heterocycles. The molecule has 0 radical (unpaired) electrons. The van der Waals surface area contributed by atoms with Crippen LogP contribution in [-0.2, 0) is 16.8 Å². The van der Waals surface area contributed by atoms with Crippen LogP contribution < -0.4 is 0 Å². The van der Waals surface area contributed by atoms with Crippen LogP contribution in [0.5, 0.6) is 0 Å². The fourth-order valence-electron chi connectivity index (χ4n) is 2.33. The van der Waals surface area contributed by atoms with Gasteiger partial charge in [-0.05, 0) is 16.5 Å². The van der Waals surface area contributed by atoms with E-state index in [1.165, 1.54) is 11.1 Å². The molecule has 18 heavy (non-hydrogen) atoms. The Morgan fingerprint density at radius 1 is 1.06 bits per heavy atom. The van der Waals surface area contributed by atoms with Gasteiger partial charge in [-0.2, -0.15) is 0 Å². The molecule has 2 nitrogen and oxygen atoms in total. The van der Waals surface area contributed by atoms with Crippen LogP contribution in [0.25, 0.3) is 0 Å². The fraction of sp³-hybridized carbons (Fsp3) is 0.562. The van der Waals surface area contributed by atoms with E-state index in [0.29, 0.717) is 5.78 Å². The van der Waals surface area contributed by atoms with Gasteiger partial charge in [0.15, 0.2) is 0 Å². The number of ketones is 1. The van der Waals surface area contributed by atoms with Crippen molar-refractivity contribution < 1.29 is 4.79 Å².